The first-order chi connectivity index (χ1) is 14.5. The number of carbonyl (C=O) groups excluding carboxylic acids is 2. The van der Waals surface area contributed by atoms with Gasteiger partial charge in [-0.25, -0.2) is 0 Å². The predicted molar refractivity (Wildman–Crippen MR) is 110 cm³/mol. The van der Waals surface area contributed by atoms with E-state index in [2.05, 4.69) is 21.1 Å². The number of benzene rings is 3. The van der Waals surface area contributed by atoms with Gasteiger partial charge in [-0.3, -0.25) is 10.9 Å². The summed E-state index contributed by atoms with van der Waals surface area (Å²) in [7, 11) is 0. The zero-order valence-corrected chi connectivity index (χ0v) is 15.6. The van der Waals surface area contributed by atoms with Crippen molar-refractivity contribution in [2.24, 2.45) is 10.2 Å². The van der Waals surface area contributed by atoms with Crippen molar-refractivity contribution in [3.8, 4) is 0 Å². The second-order valence-corrected chi connectivity index (χ2v) is 6.15. The third-order valence-electron chi connectivity index (χ3n) is 3.92. The van der Waals surface area contributed by atoms with Crippen molar-refractivity contribution in [2.75, 3.05) is 10.9 Å². The number of carbonyl (C=O) groups is 2. The third-order valence-corrected chi connectivity index (χ3v) is 3.92. The number of anilines is 2. The number of aromatic carboxylic acids is 2. The lowest BCUT2D eigenvalue weighted by Gasteiger charge is -2.05. The molecule has 0 aliphatic rings. The topological polar surface area (TPSA) is 129 Å². The molecule has 0 unspecified atom stereocenters. The lowest BCUT2D eigenvalue weighted by molar-refractivity contribution is -0.256. The van der Waals surface area contributed by atoms with Gasteiger partial charge < -0.3 is 19.8 Å². The monoisotopic (exact) mass is 400 g/mol. The SMILES string of the molecule is O=C([O-])c1cccc(N/N=C\c2cccc(/C=N\Nc3cccc(C(=O)[O-])c3)c2)c1. The molecule has 3 rings (SSSR count). The van der Waals surface area contributed by atoms with E-state index in [4.69, 9.17) is 0 Å². The van der Waals surface area contributed by atoms with E-state index >= 15 is 0 Å². The lowest BCUT2D eigenvalue weighted by Crippen LogP contribution is -2.22. The summed E-state index contributed by atoms with van der Waals surface area (Å²) in [6.45, 7) is 0. The van der Waals surface area contributed by atoms with Gasteiger partial charge in [-0.2, -0.15) is 10.2 Å². The third kappa shape index (κ3) is 5.77. The molecule has 0 saturated heterocycles. The fraction of sp³-hybridized carbons (Fsp3) is 0. The fourth-order valence-corrected chi connectivity index (χ4v) is 2.51. The summed E-state index contributed by atoms with van der Waals surface area (Å²) in [5, 5.41) is 30.0. The average molecular weight is 400 g/mol. The Kier molecular flexibility index (Phi) is 6.52. The van der Waals surface area contributed by atoms with Crippen LogP contribution >= 0.6 is 0 Å². The zero-order chi connectivity index (χ0) is 21.3. The number of carboxylic acids is 2. The minimum Gasteiger partial charge on any atom is -0.545 e. The van der Waals surface area contributed by atoms with Crippen molar-refractivity contribution in [1.29, 1.82) is 0 Å². The molecular formula is C22H16N4O4-2. The average Bonchev–Trinajstić information content (AvgIpc) is 2.74. The Labute approximate surface area is 172 Å². The first-order valence-corrected chi connectivity index (χ1v) is 8.82. The van der Waals surface area contributed by atoms with Crippen molar-refractivity contribution >= 4 is 35.7 Å². The highest BCUT2D eigenvalue weighted by Crippen LogP contribution is 2.11. The first kappa shape index (κ1) is 20.3. The molecule has 0 aromatic heterocycles. The van der Waals surface area contributed by atoms with Crippen LogP contribution in [0.4, 0.5) is 11.4 Å². The van der Waals surface area contributed by atoms with E-state index in [-0.39, 0.29) is 11.1 Å². The van der Waals surface area contributed by atoms with E-state index in [1.807, 2.05) is 24.3 Å². The van der Waals surface area contributed by atoms with Gasteiger partial charge in [0.15, 0.2) is 0 Å². The second kappa shape index (κ2) is 9.65. The molecule has 0 aliphatic heterocycles. The standard InChI is InChI=1S/C22H18N4O4/c27-21(28)17-6-2-8-19(11-17)25-23-13-15-4-1-5-16(10-15)14-24-26-20-9-3-7-18(12-20)22(29)30/h1-14,25-26H,(H,27,28)(H,29,30)/p-2/b23-13-,24-14-. The molecule has 0 spiro atoms. The van der Waals surface area contributed by atoms with Crippen LogP contribution in [0.15, 0.2) is 83.0 Å². The molecule has 0 atom stereocenters. The van der Waals surface area contributed by atoms with Crippen molar-refractivity contribution in [1.82, 2.24) is 0 Å². The molecule has 0 radical (unpaired) electrons. The lowest BCUT2D eigenvalue weighted by atomic mass is 10.1. The second-order valence-electron chi connectivity index (χ2n) is 6.15. The molecule has 8 nitrogen and oxygen atoms in total. The number of hydrogen-bond donors (Lipinski definition) is 2. The summed E-state index contributed by atoms with van der Waals surface area (Å²) < 4.78 is 0. The van der Waals surface area contributed by atoms with Crippen molar-refractivity contribution in [2.45, 2.75) is 0 Å². The molecule has 0 aliphatic carbocycles. The van der Waals surface area contributed by atoms with Crippen LogP contribution in [0.1, 0.15) is 31.8 Å². The molecule has 2 N–H and O–H groups in total. The van der Waals surface area contributed by atoms with Crippen molar-refractivity contribution in [3.05, 3.63) is 95.1 Å². The van der Waals surface area contributed by atoms with Gasteiger partial charge in [0.05, 0.1) is 35.7 Å². The fourth-order valence-electron chi connectivity index (χ4n) is 2.51. The number of nitrogens with zero attached hydrogens (tertiary/aromatic N) is 2. The molecule has 0 amide bonds. The molecule has 150 valence electrons. The molecule has 8 heteroatoms. The van der Waals surface area contributed by atoms with E-state index in [1.54, 1.807) is 36.7 Å². The molecule has 3 aromatic rings. The van der Waals surface area contributed by atoms with Crippen LogP contribution in [-0.4, -0.2) is 24.4 Å². The highest BCUT2D eigenvalue weighted by molar-refractivity contribution is 5.89. The molecule has 0 saturated carbocycles. The first-order valence-electron chi connectivity index (χ1n) is 8.82. The Morgan fingerprint density at radius 3 is 1.53 bits per heavy atom. The number of hydrazone groups is 2. The van der Waals surface area contributed by atoms with Gasteiger partial charge in [-0.1, -0.05) is 42.5 Å². The van der Waals surface area contributed by atoms with E-state index in [9.17, 15) is 19.8 Å². The minimum atomic E-state index is -1.26. The number of nitrogens with one attached hydrogen (secondary N) is 2. The Bertz CT molecular complexity index is 1040. The Morgan fingerprint density at radius 1 is 0.667 bits per heavy atom. The van der Waals surface area contributed by atoms with Crippen LogP contribution in [0, 0.1) is 0 Å². The van der Waals surface area contributed by atoms with E-state index in [0.29, 0.717) is 11.4 Å². The Balaban J connectivity index is 1.61. The molecule has 0 fully saturated rings. The molecule has 3 aromatic carbocycles. The molecular weight excluding hydrogens is 384 g/mol. The maximum atomic E-state index is 10.9. The Hall–Kier alpha value is -4.46. The number of hydrogen-bond acceptors (Lipinski definition) is 8. The summed E-state index contributed by atoms with van der Waals surface area (Å²) >= 11 is 0. The summed E-state index contributed by atoms with van der Waals surface area (Å²) in [5.74, 6) is -2.51. The smallest absolute Gasteiger partial charge is 0.0716 e. The summed E-state index contributed by atoms with van der Waals surface area (Å²) in [5.41, 5.74) is 8.28. The summed E-state index contributed by atoms with van der Waals surface area (Å²) in [6, 6.07) is 19.7. The Morgan fingerprint density at radius 2 is 1.10 bits per heavy atom. The van der Waals surface area contributed by atoms with Gasteiger partial charge in [-0.15, -0.1) is 0 Å². The van der Waals surface area contributed by atoms with Crippen LogP contribution in [-0.2, 0) is 0 Å². The van der Waals surface area contributed by atoms with Gasteiger partial charge >= 0.3 is 0 Å². The quantitative estimate of drug-likeness (QED) is 0.433. The van der Waals surface area contributed by atoms with Crippen molar-refractivity contribution < 1.29 is 19.8 Å². The van der Waals surface area contributed by atoms with E-state index in [0.717, 1.165) is 11.1 Å². The van der Waals surface area contributed by atoms with E-state index < -0.39 is 11.9 Å². The van der Waals surface area contributed by atoms with Crippen LogP contribution in [0.25, 0.3) is 0 Å². The summed E-state index contributed by atoms with van der Waals surface area (Å²) in [4.78, 5) is 21.8. The van der Waals surface area contributed by atoms with Crippen LogP contribution in [0.3, 0.4) is 0 Å². The highest BCUT2D eigenvalue weighted by Gasteiger charge is 1.97. The van der Waals surface area contributed by atoms with E-state index in [1.165, 1.54) is 24.3 Å². The number of rotatable bonds is 8. The zero-order valence-electron chi connectivity index (χ0n) is 15.6. The van der Waals surface area contributed by atoms with Gasteiger partial charge in [-0.05, 0) is 52.6 Å². The minimum absolute atomic E-state index is 0.0612. The maximum absolute atomic E-state index is 10.9. The molecule has 30 heavy (non-hydrogen) atoms. The number of carboxylic acid groups (broad SMARTS) is 2. The molecule has 0 bridgehead atoms. The van der Waals surface area contributed by atoms with Crippen LogP contribution in [0.5, 0.6) is 0 Å². The van der Waals surface area contributed by atoms with Gasteiger partial charge in [0, 0.05) is 0 Å². The van der Waals surface area contributed by atoms with Gasteiger partial charge in [0.1, 0.15) is 0 Å². The molecule has 0 heterocycles. The predicted octanol–water partition coefficient (Wildman–Crippen LogP) is 1.31. The van der Waals surface area contributed by atoms with Crippen LogP contribution in [0.2, 0.25) is 0 Å². The van der Waals surface area contributed by atoms with Gasteiger partial charge in [0.25, 0.3) is 0 Å². The van der Waals surface area contributed by atoms with Gasteiger partial charge in [0.2, 0.25) is 0 Å². The van der Waals surface area contributed by atoms with Crippen LogP contribution < -0.4 is 21.1 Å². The van der Waals surface area contributed by atoms with Crippen molar-refractivity contribution in [3.63, 3.8) is 0 Å². The largest absolute Gasteiger partial charge is 0.545 e. The highest BCUT2D eigenvalue weighted by atomic mass is 16.4. The normalized spacial score (nSPS) is 10.9. The maximum Gasteiger partial charge on any atom is 0.0716 e. The summed E-state index contributed by atoms with van der Waals surface area (Å²) in [6.07, 6.45) is 3.17.